The second-order valence-corrected chi connectivity index (χ2v) is 7.80. The molecule has 4 nitrogen and oxygen atoms in total. The lowest BCUT2D eigenvalue weighted by Crippen LogP contribution is -2.38. The van der Waals surface area contributed by atoms with Gasteiger partial charge in [0.25, 0.3) is 0 Å². The topological polar surface area (TPSA) is 63.2 Å². The van der Waals surface area contributed by atoms with E-state index in [-0.39, 0.29) is 16.7 Å². The van der Waals surface area contributed by atoms with Crippen molar-refractivity contribution < 1.29 is 13.2 Å². The zero-order valence-corrected chi connectivity index (χ0v) is 13.3. The third-order valence-corrected chi connectivity index (χ3v) is 6.31. The van der Waals surface area contributed by atoms with Crippen LogP contribution in [0, 0.1) is 0 Å². The average molecular weight is 313 g/mol. The Kier molecular flexibility index (Phi) is 4.88. The summed E-state index contributed by atoms with van der Waals surface area (Å²) < 4.78 is 27.4. The van der Waals surface area contributed by atoms with Gasteiger partial charge in [0.1, 0.15) is 0 Å². The molecule has 1 aromatic rings. The first-order valence-electron chi connectivity index (χ1n) is 6.60. The summed E-state index contributed by atoms with van der Waals surface area (Å²) in [6, 6.07) is 6.09. The molecule has 0 heterocycles. The smallest absolute Gasteiger partial charge is 0.240 e. The van der Waals surface area contributed by atoms with Crippen LogP contribution in [0.5, 0.6) is 0 Å². The molecule has 1 aliphatic carbocycles. The van der Waals surface area contributed by atoms with Gasteiger partial charge in [-0.25, -0.2) is 13.1 Å². The molecule has 2 rings (SSSR count). The molecule has 0 radical (unpaired) electrons. The van der Waals surface area contributed by atoms with Gasteiger partial charge in [-0.1, -0.05) is 18.6 Å². The van der Waals surface area contributed by atoms with E-state index in [0.29, 0.717) is 10.8 Å². The molecule has 0 spiro atoms. The van der Waals surface area contributed by atoms with Crippen molar-refractivity contribution in [2.45, 2.75) is 42.4 Å². The number of sulfonamides is 1. The van der Waals surface area contributed by atoms with Gasteiger partial charge < -0.3 is 0 Å². The second kappa shape index (κ2) is 6.28. The van der Waals surface area contributed by atoms with E-state index in [1.165, 1.54) is 19.1 Å². The third kappa shape index (κ3) is 3.42. The number of thioether (sulfide) groups is 1. The van der Waals surface area contributed by atoms with Crippen LogP contribution in [-0.2, 0) is 10.0 Å². The highest BCUT2D eigenvalue weighted by atomic mass is 32.2. The number of hydrogen-bond acceptors (Lipinski definition) is 4. The molecule has 6 heteroatoms. The van der Waals surface area contributed by atoms with Crippen LogP contribution >= 0.6 is 11.8 Å². The standard InChI is InChI=1S/C14H19NO3S2/c1-10(16)11-6-8-12(9-7-11)20(17,18)15-13-4-3-5-14(13)19-2/h6-9,13-15H,3-5H2,1-2H3. The molecule has 1 fully saturated rings. The van der Waals surface area contributed by atoms with Gasteiger partial charge in [0.15, 0.2) is 5.78 Å². The monoisotopic (exact) mass is 313 g/mol. The molecule has 0 aromatic heterocycles. The maximum atomic E-state index is 12.3. The number of hydrogen-bond donors (Lipinski definition) is 1. The molecular weight excluding hydrogens is 294 g/mol. The first-order valence-corrected chi connectivity index (χ1v) is 9.37. The number of carbonyl (C=O) groups is 1. The first-order chi connectivity index (χ1) is 9.44. The largest absolute Gasteiger partial charge is 0.295 e. The normalized spacial score (nSPS) is 22.9. The summed E-state index contributed by atoms with van der Waals surface area (Å²) in [5, 5.41) is 0.348. The van der Waals surface area contributed by atoms with Crippen molar-refractivity contribution in [2.75, 3.05) is 6.26 Å². The summed E-state index contributed by atoms with van der Waals surface area (Å²) in [4.78, 5) is 11.4. The predicted molar refractivity (Wildman–Crippen MR) is 81.7 cm³/mol. The molecule has 0 saturated heterocycles. The van der Waals surface area contributed by atoms with Gasteiger partial charge in [-0.3, -0.25) is 4.79 Å². The zero-order chi connectivity index (χ0) is 14.8. The number of benzene rings is 1. The average Bonchev–Trinajstić information content (AvgIpc) is 2.85. The van der Waals surface area contributed by atoms with E-state index in [1.807, 2.05) is 6.26 Å². The Morgan fingerprint density at radius 1 is 1.25 bits per heavy atom. The van der Waals surface area contributed by atoms with Gasteiger partial charge in [-0.2, -0.15) is 11.8 Å². The van der Waals surface area contributed by atoms with Gasteiger partial charge in [0.2, 0.25) is 10.0 Å². The quantitative estimate of drug-likeness (QED) is 0.848. The number of rotatable bonds is 5. The van der Waals surface area contributed by atoms with Crippen molar-refractivity contribution in [3.63, 3.8) is 0 Å². The fourth-order valence-electron chi connectivity index (χ4n) is 2.48. The molecule has 0 aliphatic heterocycles. The fourth-order valence-corrected chi connectivity index (χ4v) is 4.81. The number of ketones is 1. The summed E-state index contributed by atoms with van der Waals surface area (Å²) in [6.45, 7) is 1.46. The van der Waals surface area contributed by atoms with Crippen molar-refractivity contribution in [3.8, 4) is 0 Å². The van der Waals surface area contributed by atoms with Crippen LogP contribution in [0.3, 0.4) is 0 Å². The van der Waals surface area contributed by atoms with E-state index in [2.05, 4.69) is 4.72 Å². The summed E-state index contributed by atoms with van der Waals surface area (Å²) in [7, 11) is -3.50. The van der Waals surface area contributed by atoms with Crippen LogP contribution in [0.15, 0.2) is 29.2 Å². The molecule has 0 amide bonds. The third-order valence-electron chi connectivity index (χ3n) is 3.63. The Balaban J connectivity index is 2.15. The van der Waals surface area contributed by atoms with Crippen molar-refractivity contribution in [3.05, 3.63) is 29.8 Å². The van der Waals surface area contributed by atoms with Crippen molar-refractivity contribution in [1.29, 1.82) is 0 Å². The van der Waals surface area contributed by atoms with E-state index in [0.717, 1.165) is 19.3 Å². The minimum absolute atomic E-state index is 0.00230. The van der Waals surface area contributed by atoms with Crippen molar-refractivity contribution >= 4 is 27.6 Å². The summed E-state index contributed by atoms with van der Waals surface area (Å²) >= 11 is 1.71. The molecule has 0 bridgehead atoms. The molecule has 2 unspecified atom stereocenters. The minimum Gasteiger partial charge on any atom is -0.295 e. The molecule has 110 valence electrons. The molecule has 1 N–H and O–H groups in total. The van der Waals surface area contributed by atoms with Crippen LogP contribution in [0.4, 0.5) is 0 Å². The van der Waals surface area contributed by atoms with Crippen LogP contribution < -0.4 is 4.72 Å². The maximum Gasteiger partial charge on any atom is 0.240 e. The number of carbonyl (C=O) groups excluding carboxylic acids is 1. The molecule has 1 saturated carbocycles. The van der Waals surface area contributed by atoms with E-state index in [1.54, 1.807) is 23.9 Å². The highest BCUT2D eigenvalue weighted by Gasteiger charge is 2.30. The minimum atomic E-state index is -3.50. The molecule has 2 atom stereocenters. The maximum absolute atomic E-state index is 12.3. The van der Waals surface area contributed by atoms with Crippen molar-refractivity contribution in [1.82, 2.24) is 4.72 Å². The molecule has 1 aromatic carbocycles. The zero-order valence-electron chi connectivity index (χ0n) is 11.6. The molecule has 1 aliphatic rings. The van der Waals surface area contributed by atoms with Gasteiger partial charge in [-0.15, -0.1) is 0 Å². The second-order valence-electron chi connectivity index (χ2n) is 5.01. The van der Waals surface area contributed by atoms with Gasteiger partial charge >= 0.3 is 0 Å². The lowest BCUT2D eigenvalue weighted by atomic mass is 10.2. The summed E-state index contributed by atoms with van der Waals surface area (Å²) in [5.74, 6) is -0.0693. The number of nitrogens with one attached hydrogen (secondary N) is 1. The Morgan fingerprint density at radius 3 is 2.45 bits per heavy atom. The summed E-state index contributed by atoms with van der Waals surface area (Å²) in [5.41, 5.74) is 0.520. The van der Waals surface area contributed by atoms with E-state index < -0.39 is 10.0 Å². The Morgan fingerprint density at radius 2 is 1.90 bits per heavy atom. The van der Waals surface area contributed by atoms with E-state index in [9.17, 15) is 13.2 Å². The Bertz CT molecular complexity index is 581. The molecule has 20 heavy (non-hydrogen) atoms. The predicted octanol–water partition coefficient (Wildman–Crippen LogP) is 2.45. The highest BCUT2D eigenvalue weighted by molar-refractivity contribution is 7.99. The van der Waals surface area contributed by atoms with Gasteiger partial charge in [0, 0.05) is 16.9 Å². The molecular formula is C14H19NO3S2. The number of Topliss-reactive ketones (excluding diaryl/α,β-unsaturated/α-hetero) is 1. The SMILES string of the molecule is CSC1CCCC1NS(=O)(=O)c1ccc(C(C)=O)cc1. The summed E-state index contributed by atoms with van der Waals surface area (Å²) in [6.07, 6.45) is 5.01. The van der Waals surface area contributed by atoms with Crippen LogP contribution in [-0.4, -0.2) is 31.7 Å². The van der Waals surface area contributed by atoms with Crippen molar-refractivity contribution in [2.24, 2.45) is 0 Å². The first kappa shape index (κ1) is 15.5. The van der Waals surface area contributed by atoms with E-state index in [4.69, 9.17) is 0 Å². The van der Waals surface area contributed by atoms with E-state index >= 15 is 0 Å². The highest BCUT2D eigenvalue weighted by Crippen LogP contribution is 2.29. The lowest BCUT2D eigenvalue weighted by Gasteiger charge is -2.19. The van der Waals surface area contributed by atoms with Gasteiger partial charge in [0.05, 0.1) is 4.90 Å². The van der Waals surface area contributed by atoms with Gasteiger partial charge in [-0.05, 0) is 38.2 Å². The van der Waals surface area contributed by atoms with Crippen LogP contribution in [0.25, 0.3) is 0 Å². The Hall–Kier alpha value is -0.850. The van der Waals surface area contributed by atoms with Crippen LogP contribution in [0.2, 0.25) is 0 Å². The Labute approximate surface area is 124 Å². The lowest BCUT2D eigenvalue weighted by molar-refractivity contribution is 0.101. The fraction of sp³-hybridized carbons (Fsp3) is 0.500. The van der Waals surface area contributed by atoms with Crippen LogP contribution in [0.1, 0.15) is 36.5 Å².